The topological polar surface area (TPSA) is 27.7 Å². The Bertz CT molecular complexity index is 350. The van der Waals surface area contributed by atoms with Gasteiger partial charge in [0.15, 0.2) is 0 Å². The van der Waals surface area contributed by atoms with E-state index < -0.39 is 38.4 Å². The Kier molecular flexibility index (Phi) is 23.0. The molecule has 0 N–H and O–H groups in total. The number of hydrogen-bond donors (Lipinski definition) is 0. The van der Waals surface area contributed by atoms with Gasteiger partial charge in [-0.3, -0.25) is 0 Å². The van der Waals surface area contributed by atoms with Crippen molar-refractivity contribution in [3.8, 4) is 0 Å². The fourth-order valence-corrected chi connectivity index (χ4v) is 41.1. The Hall–Kier alpha value is 1.48. The standard InChI is InChI=1S/2C8H17O.2C4H9.2CH3.O.2Sn/c2*1-2-3-4-5-6-7-8-9;2*1-3-4-2;;;;;/h2*2-8H2,1H3;2*1,3-4H2,2H3;2*1H3;;;/q2*-1;;;;;;2*+1. The van der Waals surface area contributed by atoms with Crippen molar-refractivity contribution in [2.24, 2.45) is 0 Å². The second-order valence-electron chi connectivity index (χ2n) is 9.81. The predicted molar refractivity (Wildman–Crippen MR) is 142 cm³/mol. The van der Waals surface area contributed by atoms with Gasteiger partial charge in [0.05, 0.1) is 0 Å². The molecule has 0 radical (unpaired) electrons. The Labute approximate surface area is 207 Å². The van der Waals surface area contributed by atoms with Crippen molar-refractivity contribution in [1.82, 2.24) is 0 Å². The van der Waals surface area contributed by atoms with Crippen molar-refractivity contribution >= 4 is 38.4 Å². The SMILES string of the molecule is CCCCCCCC[O][Sn]([CH3])([CH2]CCC)[O][Sn]([CH3])([CH2]CCC)[O]CCCCCCCC. The summed E-state index contributed by atoms with van der Waals surface area (Å²) < 4.78 is 22.8. The molecule has 0 amide bonds. The summed E-state index contributed by atoms with van der Waals surface area (Å²) in [5.41, 5.74) is 0. The molecule has 0 bridgehead atoms. The van der Waals surface area contributed by atoms with Gasteiger partial charge in [0.25, 0.3) is 0 Å². The van der Waals surface area contributed by atoms with Crippen molar-refractivity contribution in [2.45, 2.75) is 149 Å². The molecule has 5 heteroatoms. The molecule has 31 heavy (non-hydrogen) atoms. The second kappa shape index (κ2) is 22.0. The van der Waals surface area contributed by atoms with Crippen LogP contribution in [0, 0.1) is 0 Å². The minimum absolute atomic E-state index is 0.912. The normalized spacial score (nSPS) is 15.7. The van der Waals surface area contributed by atoms with Crippen molar-refractivity contribution in [2.75, 3.05) is 13.2 Å². The molecule has 0 rings (SSSR count). The number of hydrogen-bond acceptors (Lipinski definition) is 3. The van der Waals surface area contributed by atoms with Gasteiger partial charge in [0.1, 0.15) is 0 Å². The summed E-state index contributed by atoms with van der Waals surface area (Å²) >= 11 is -6.03. The third-order valence-corrected chi connectivity index (χ3v) is 37.1. The fraction of sp³-hybridized carbons (Fsp3) is 1.00. The molecule has 0 spiro atoms. The third-order valence-electron chi connectivity index (χ3n) is 6.21. The van der Waals surface area contributed by atoms with Crippen LogP contribution in [0.25, 0.3) is 0 Å². The van der Waals surface area contributed by atoms with Gasteiger partial charge in [-0.2, -0.15) is 0 Å². The number of rotatable bonds is 24. The Morgan fingerprint density at radius 1 is 0.419 bits per heavy atom. The zero-order valence-corrected chi connectivity index (χ0v) is 28.1. The van der Waals surface area contributed by atoms with E-state index in [1.54, 1.807) is 0 Å². The molecule has 0 aliphatic rings. The van der Waals surface area contributed by atoms with Crippen LogP contribution in [0.2, 0.25) is 18.8 Å². The van der Waals surface area contributed by atoms with E-state index in [1.807, 2.05) is 0 Å². The van der Waals surface area contributed by atoms with E-state index in [1.165, 1.54) is 112 Å². The molecule has 188 valence electrons. The van der Waals surface area contributed by atoms with Crippen LogP contribution < -0.4 is 0 Å². The van der Waals surface area contributed by atoms with Gasteiger partial charge >= 0.3 is 208 Å². The molecule has 0 heterocycles. The average molecular weight is 656 g/mol. The summed E-state index contributed by atoms with van der Waals surface area (Å²) in [4.78, 5) is 4.80. The van der Waals surface area contributed by atoms with Crippen LogP contribution in [0.4, 0.5) is 0 Å². The minimum atomic E-state index is -3.01. The quantitative estimate of drug-likeness (QED) is 0.0766. The van der Waals surface area contributed by atoms with Gasteiger partial charge in [-0.05, 0) is 0 Å². The van der Waals surface area contributed by atoms with Gasteiger partial charge in [-0.15, -0.1) is 0 Å². The van der Waals surface area contributed by atoms with Crippen molar-refractivity contribution < 1.29 is 7.56 Å². The van der Waals surface area contributed by atoms with Crippen LogP contribution in [0.5, 0.6) is 0 Å². The van der Waals surface area contributed by atoms with Crippen LogP contribution in [-0.4, -0.2) is 51.6 Å². The van der Waals surface area contributed by atoms with Crippen LogP contribution in [0.15, 0.2) is 0 Å². The zero-order chi connectivity index (χ0) is 23.3. The van der Waals surface area contributed by atoms with Crippen LogP contribution in [0.3, 0.4) is 0 Å². The molecule has 0 aliphatic carbocycles. The Balaban J connectivity index is 4.64. The first kappa shape index (κ1) is 32.5. The molecule has 0 aliphatic heterocycles. The fourth-order valence-electron chi connectivity index (χ4n) is 4.10. The molecule has 0 aromatic rings. The van der Waals surface area contributed by atoms with Crippen molar-refractivity contribution in [3.05, 3.63) is 0 Å². The summed E-state index contributed by atoms with van der Waals surface area (Å²) in [6.07, 6.45) is 20.8. The summed E-state index contributed by atoms with van der Waals surface area (Å²) in [5.74, 6) is 0. The van der Waals surface area contributed by atoms with Crippen LogP contribution >= 0.6 is 0 Å². The molecule has 0 saturated heterocycles. The zero-order valence-electron chi connectivity index (χ0n) is 22.4. The van der Waals surface area contributed by atoms with E-state index in [-0.39, 0.29) is 0 Å². The summed E-state index contributed by atoms with van der Waals surface area (Å²) in [6.45, 7) is 11.0. The van der Waals surface area contributed by atoms with Gasteiger partial charge in [-0.1, -0.05) is 0 Å². The van der Waals surface area contributed by atoms with Gasteiger partial charge < -0.3 is 0 Å². The van der Waals surface area contributed by atoms with Gasteiger partial charge in [-0.25, -0.2) is 0 Å². The summed E-state index contributed by atoms with van der Waals surface area (Å²) in [5, 5.41) is 0. The van der Waals surface area contributed by atoms with Crippen molar-refractivity contribution in [1.29, 1.82) is 0 Å². The maximum absolute atomic E-state index is 7.10. The number of unbranched alkanes of at least 4 members (excludes halogenated alkanes) is 12. The van der Waals surface area contributed by atoms with E-state index in [0.29, 0.717) is 0 Å². The first-order valence-electron chi connectivity index (χ1n) is 13.9. The first-order valence-corrected chi connectivity index (χ1v) is 28.3. The second-order valence-corrected chi connectivity index (χ2v) is 31.7. The molecule has 0 saturated carbocycles. The molecule has 0 aromatic carbocycles. The molecule has 0 fully saturated rings. The molecule has 2 atom stereocenters. The molecular formula is C26H58O3Sn2. The van der Waals surface area contributed by atoms with Gasteiger partial charge in [0, 0.05) is 0 Å². The monoisotopic (exact) mass is 658 g/mol. The van der Waals surface area contributed by atoms with E-state index in [0.717, 1.165) is 13.2 Å². The maximum atomic E-state index is 7.10. The van der Waals surface area contributed by atoms with Gasteiger partial charge in [0.2, 0.25) is 0 Å². The van der Waals surface area contributed by atoms with E-state index >= 15 is 0 Å². The van der Waals surface area contributed by atoms with E-state index in [2.05, 4.69) is 37.6 Å². The molecule has 2 unspecified atom stereocenters. The van der Waals surface area contributed by atoms with E-state index in [4.69, 9.17) is 7.56 Å². The molecular weight excluding hydrogens is 598 g/mol. The summed E-state index contributed by atoms with van der Waals surface area (Å²) in [7, 11) is 0. The predicted octanol–water partition coefficient (Wildman–Crippen LogP) is 9.50. The van der Waals surface area contributed by atoms with Crippen LogP contribution in [-0.2, 0) is 7.56 Å². The summed E-state index contributed by atoms with van der Waals surface area (Å²) in [6, 6.07) is 0. The Morgan fingerprint density at radius 2 is 0.742 bits per heavy atom. The molecule has 3 nitrogen and oxygen atoms in total. The first-order chi connectivity index (χ1) is 14.9. The average Bonchev–Trinajstić information content (AvgIpc) is 2.75. The molecule has 0 aromatic heterocycles. The Morgan fingerprint density at radius 3 is 1.10 bits per heavy atom. The van der Waals surface area contributed by atoms with Crippen molar-refractivity contribution in [3.63, 3.8) is 0 Å². The van der Waals surface area contributed by atoms with E-state index in [9.17, 15) is 0 Å². The van der Waals surface area contributed by atoms with Crippen LogP contribution in [0.1, 0.15) is 130 Å². The third kappa shape index (κ3) is 19.5.